The van der Waals surface area contributed by atoms with Crippen LogP contribution in [0.5, 0.6) is 0 Å². The number of carbonyl (C=O) groups excluding carboxylic acids is 1. The molecular formula is C10H16ClN3O2. The Morgan fingerprint density at radius 3 is 3.00 bits per heavy atom. The van der Waals surface area contributed by atoms with E-state index in [0.717, 1.165) is 0 Å². The maximum Gasteiger partial charge on any atom is 0.183 e. The summed E-state index contributed by atoms with van der Waals surface area (Å²) in [6.45, 7) is 2.77. The highest BCUT2D eigenvalue weighted by Gasteiger charge is 2.18. The number of aromatic nitrogens is 2. The summed E-state index contributed by atoms with van der Waals surface area (Å²) in [5.74, 6) is -0.0893. The summed E-state index contributed by atoms with van der Waals surface area (Å²) in [7, 11) is 1.59. The normalized spacial score (nSPS) is 12.8. The zero-order valence-electron chi connectivity index (χ0n) is 9.44. The lowest BCUT2D eigenvalue weighted by molar-refractivity contribution is 0.0962. The number of nitrogens with zero attached hydrogens (tertiary/aromatic N) is 2. The number of methoxy groups -OCH3 is 1. The molecule has 0 radical (unpaired) electrons. The first-order valence-corrected chi connectivity index (χ1v) is 5.43. The Kier molecular flexibility index (Phi) is 4.92. The minimum Gasteiger partial charge on any atom is -0.383 e. The van der Waals surface area contributed by atoms with Crippen LogP contribution in [0.25, 0.3) is 0 Å². The molecule has 0 bridgehead atoms. The third-order valence-electron chi connectivity index (χ3n) is 2.07. The number of Topliss-reactive ketones (excluding diaryl/α,β-unsaturated/α-hetero) is 1. The van der Waals surface area contributed by atoms with Gasteiger partial charge in [-0.05, 0) is 6.92 Å². The minimum absolute atomic E-state index is 0.0893. The second kappa shape index (κ2) is 5.98. The summed E-state index contributed by atoms with van der Waals surface area (Å²) in [4.78, 5) is 11.9. The lowest BCUT2D eigenvalue weighted by Crippen LogP contribution is -2.22. The smallest absolute Gasteiger partial charge is 0.183 e. The monoisotopic (exact) mass is 245 g/mol. The van der Waals surface area contributed by atoms with Crippen LogP contribution in [-0.2, 0) is 11.3 Å². The first-order valence-electron chi connectivity index (χ1n) is 5.05. The zero-order valence-corrected chi connectivity index (χ0v) is 10.2. The SMILES string of the molecule is COCCn1ncc(Cl)c1C(=O)CC(C)N. The molecule has 0 aromatic carbocycles. The number of carbonyl (C=O) groups is 1. The molecule has 0 saturated heterocycles. The van der Waals surface area contributed by atoms with E-state index in [0.29, 0.717) is 23.9 Å². The van der Waals surface area contributed by atoms with Crippen molar-refractivity contribution in [2.75, 3.05) is 13.7 Å². The second-order valence-corrected chi connectivity index (χ2v) is 4.07. The molecule has 0 aliphatic heterocycles. The lowest BCUT2D eigenvalue weighted by Gasteiger charge is -2.08. The van der Waals surface area contributed by atoms with Crippen molar-refractivity contribution < 1.29 is 9.53 Å². The van der Waals surface area contributed by atoms with Gasteiger partial charge in [0.25, 0.3) is 0 Å². The Labute approximate surface area is 99.5 Å². The van der Waals surface area contributed by atoms with Gasteiger partial charge in [-0.2, -0.15) is 5.10 Å². The average Bonchev–Trinajstić information content (AvgIpc) is 2.55. The number of hydrogen-bond donors (Lipinski definition) is 1. The van der Waals surface area contributed by atoms with Crippen LogP contribution < -0.4 is 5.73 Å². The van der Waals surface area contributed by atoms with Crippen molar-refractivity contribution in [3.63, 3.8) is 0 Å². The van der Waals surface area contributed by atoms with Crippen LogP contribution in [0.15, 0.2) is 6.20 Å². The fourth-order valence-electron chi connectivity index (χ4n) is 1.38. The van der Waals surface area contributed by atoms with Gasteiger partial charge in [0.15, 0.2) is 5.78 Å². The molecule has 0 fully saturated rings. The van der Waals surface area contributed by atoms with Crippen molar-refractivity contribution in [1.29, 1.82) is 0 Å². The van der Waals surface area contributed by atoms with E-state index in [2.05, 4.69) is 5.10 Å². The van der Waals surface area contributed by atoms with Crippen LogP contribution in [0, 0.1) is 0 Å². The highest BCUT2D eigenvalue weighted by Crippen LogP contribution is 2.17. The van der Waals surface area contributed by atoms with Gasteiger partial charge in [0.05, 0.1) is 24.4 Å². The molecule has 6 heteroatoms. The molecule has 0 amide bonds. The van der Waals surface area contributed by atoms with Crippen molar-refractivity contribution in [2.45, 2.75) is 25.9 Å². The van der Waals surface area contributed by atoms with E-state index >= 15 is 0 Å². The van der Waals surface area contributed by atoms with Crippen molar-refractivity contribution >= 4 is 17.4 Å². The number of ether oxygens (including phenoxy) is 1. The van der Waals surface area contributed by atoms with E-state index in [1.54, 1.807) is 18.7 Å². The molecule has 0 saturated carbocycles. The van der Waals surface area contributed by atoms with Gasteiger partial charge < -0.3 is 10.5 Å². The van der Waals surface area contributed by atoms with Crippen molar-refractivity contribution in [3.8, 4) is 0 Å². The summed E-state index contributed by atoms with van der Waals surface area (Å²) < 4.78 is 6.48. The standard InChI is InChI=1S/C10H16ClN3O2/c1-7(12)5-9(15)10-8(11)6-13-14(10)3-4-16-2/h6-7H,3-5,12H2,1-2H3. The average molecular weight is 246 g/mol. The van der Waals surface area contributed by atoms with Crippen LogP contribution in [0.2, 0.25) is 5.02 Å². The first kappa shape index (κ1) is 13.2. The number of ketones is 1. The van der Waals surface area contributed by atoms with Crippen molar-refractivity contribution in [2.24, 2.45) is 5.73 Å². The molecule has 1 unspecified atom stereocenters. The molecule has 0 aliphatic rings. The van der Waals surface area contributed by atoms with Gasteiger partial charge in [-0.1, -0.05) is 11.6 Å². The van der Waals surface area contributed by atoms with Gasteiger partial charge >= 0.3 is 0 Å². The molecule has 1 aromatic rings. The Balaban J connectivity index is 2.84. The fraction of sp³-hybridized carbons (Fsp3) is 0.600. The molecular weight excluding hydrogens is 230 g/mol. The van der Waals surface area contributed by atoms with Crippen molar-refractivity contribution in [3.05, 3.63) is 16.9 Å². The Bertz CT molecular complexity index is 363. The molecule has 0 spiro atoms. The van der Waals surface area contributed by atoms with E-state index < -0.39 is 0 Å². The molecule has 0 aliphatic carbocycles. The Morgan fingerprint density at radius 2 is 2.44 bits per heavy atom. The molecule has 90 valence electrons. The molecule has 5 nitrogen and oxygen atoms in total. The van der Waals surface area contributed by atoms with Crippen molar-refractivity contribution in [1.82, 2.24) is 9.78 Å². The van der Waals surface area contributed by atoms with Gasteiger partial charge in [-0.25, -0.2) is 0 Å². The number of halogens is 1. The lowest BCUT2D eigenvalue weighted by atomic mass is 10.1. The number of rotatable bonds is 6. The van der Waals surface area contributed by atoms with Crippen LogP contribution in [0.1, 0.15) is 23.8 Å². The summed E-state index contributed by atoms with van der Waals surface area (Å²) in [6, 6.07) is -0.186. The highest BCUT2D eigenvalue weighted by atomic mass is 35.5. The largest absolute Gasteiger partial charge is 0.383 e. The summed E-state index contributed by atoms with van der Waals surface area (Å²) >= 11 is 5.92. The summed E-state index contributed by atoms with van der Waals surface area (Å²) in [5, 5.41) is 4.39. The predicted molar refractivity (Wildman–Crippen MR) is 61.7 cm³/mol. The van der Waals surface area contributed by atoms with E-state index in [-0.39, 0.29) is 18.2 Å². The third-order valence-corrected chi connectivity index (χ3v) is 2.35. The predicted octanol–water partition coefficient (Wildman–Crippen LogP) is 1.10. The maximum atomic E-state index is 11.9. The molecule has 1 atom stereocenters. The zero-order chi connectivity index (χ0) is 12.1. The molecule has 2 N–H and O–H groups in total. The number of hydrogen-bond acceptors (Lipinski definition) is 4. The molecule has 16 heavy (non-hydrogen) atoms. The second-order valence-electron chi connectivity index (χ2n) is 3.66. The topological polar surface area (TPSA) is 70.1 Å². The van der Waals surface area contributed by atoms with Gasteiger partial charge in [0.2, 0.25) is 0 Å². The van der Waals surface area contributed by atoms with E-state index in [1.165, 1.54) is 6.20 Å². The molecule has 1 aromatic heterocycles. The van der Waals surface area contributed by atoms with Crippen LogP contribution in [0.4, 0.5) is 0 Å². The van der Waals surface area contributed by atoms with Gasteiger partial charge in [-0.3, -0.25) is 9.48 Å². The molecule has 1 heterocycles. The minimum atomic E-state index is -0.186. The summed E-state index contributed by atoms with van der Waals surface area (Å²) in [6.07, 6.45) is 1.73. The van der Waals surface area contributed by atoms with E-state index in [4.69, 9.17) is 22.1 Å². The highest BCUT2D eigenvalue weighted by molar-refractivity contribution is 6.33. The third kappa shape index (κ3) is 3.30. The van der Waals surface area contributed by atoms with E-state index in [1.807, 2.05) is 0 Å². The fourth-order valence-corrected chi connectivity index (χ4v) is 1.62. The maximum absolute atomic E-state index is 11.9. The Hall–Kier alpha value is -0.910. The van der Waals surface area contributed by atoms with Crippen LogP contribution in [0.3, 0.4) is 0 Å². The summed E-state index contributed by atoms with van der Waals surface area (Å²) in [5.41, 5.74) is 5.99. The van der Waals surface area contributed by atoms with E-state index in [9.17, 15) is 4.79 Å². The first-order chi connectivity index (χ1) is 7.56. The number of nitrogens with two attached hydrogens (primary N) is 1. The van der Waals surface area contributed by atoms with Crippen LogP contribution >= 0.6 is 11.6 Å². The molecule has 1 rings (SSSR count). The Morgan fingerprint density at radius 1 is 1.75 bits per heavy atom. The van der Waals surface area contributed by atoms with Crippen LogP contribution in [-0.4, -0.2) is 35.3 Å². The van der Waals surface area contributed by atoms with Gasteiger partial charge in [-0.15, -0.1) is 0 Å². The quantitative estimate of drug-likeness (QED) is 0.762. The van der Waals surface area contributed by atoms with Gasteiger partial charge in [0, 0.05) is 19.6 Å². The van der Waals surface area contributed by atoms with Gasteiger partial charge in [0.1, 0.15) is 5.69 Å².